The lowest BCUT2D eigenvalue weighted by Crippen LogP contribution is -2.54. The van der Waals surface area contributed by atoms with Crippen LogP contribution >= 0.6 is 0 Å². The molecule has 2 aliphatic heterocycles. The van der Waals surface area contributed by atoms with E-state index in [1.165, 1.54) is 16.8 Å². The number of hydrogen-bond acceptors (Lipinski definition) is 3. The molecular formula is C21H24N2O2. The average Bonchev–Trinajstić information content (AvgIpc) is 2.61. The third kappa shape index (κ3) is 3.40. The number of likely N-dealkylation sites (tertiary alicyclic amines) is 1. The van der Waals surface area contributed by atoms with Crippen molar-refractivity contribution in [3.05, 3.63) is 65.2 Å². The van der Waals surface area contributed by atoms with Crippen LogP contribution in [0, 0.1) is 0 Å². The highest BCUT2D eigenvalue weighted by molar-refractivity contribution is 5.80. The van der Waals surface area contributed by atoms with E-state index in [0.29, 0.717) is 12.5 Å². The summed E-state index contributed by atoms with van der Waals surface area (Å²) in [6.45, 7) is 1.45. The SMILES string of the molecule is COC1CN(C(=O)Cc2ccc3c(c2)CCC(c2ccccc2)N3)C1. The minimum absolute atomic E-state index is 0.194. The minimum atomic E-state index is 0.194. The summed E-state index contributed by atoms with van der Waals surface area (Å²) < 4.78 is 5.24. The summed E-state index contributed by atoms with van der Waals surface area (Å²) in [5, 5.41) is 3.64. The number of aryl methyl sites for hydroxylation is 1. The van der Waals surface area contributed by atoms with Gasteiger partial charge in [0.15, 0.2) is 0 Å². The van der Waals surface area contributed by atoms with Crippen LogP contribution in [-0.2, 0) is 22.4 Å². The van der Waals surface area contributed by atoms with Crippen molar-refractivity contribution < 1.29 is 9.53 Å². The van der Waals surface area contributed by atoms with Crippen LogP contribution in [0.15, 0.2) is 48.5 Å². The zero-order chi connectivity index (χ0) is 17.2. The Labute approximate surface area is 148 Å². The zero-order valence-corrected chi connectivity index (χ0v) is 14.6. The van der Waals surface area contributed by atoms with E-state index in [4.69, 9.17) is 4.74 Å². The van der Waals surface area contributed by atoms with Gasteiger partial charge in [-0.05, 0) is 35.6 Å². The number of benzene rings is 2. The quantitative estimate of drug-likeness (QED) is 0.932. The Morgan fingerprint density at radius 3 is 2.76 bits per heavy atom. The van der Waals surface area contributed by atoms with Gasteiger partial charge in [-0.1, -0.05) is 42.5 Å². The number of anilines is 1. The highest BCUT2D eigenvalue weighted by atomic mass is 16.5. The van der Waals surface area contributed by atoms with Crippen molar-refractivity contribution in [1.82, 2.24) is 4.90 Å². The Hall–Kier alpha value is -2.33. The van der Waals surface area contributed by atoms with Gasteiger partial charge in [-0.15, -0.1) is 0 Å². The highest BCUT2D eigenvalue weighted by Crippen LogP contribution is 2.33. The molecule has 2 heterocycles. The van der Waals surface area contributed by atoms with Gasteiger partial charge in [0.1, 0.15) is 0 Å². The van der Waals surface area contributed by atoms with Crippen molar-refractivity contribution in [1.29, 1.82) is 0 Å². The molecule has 0 radical (unpaired) electrons. The van der Waals surface area contributed by atoms with Gasteiger partial charge in [0.2, 0.25) is 5.91 Å². The molecule has 2 aliphatic rings. The lowest BCUT2D eigenvalue weighted by atomic mass is 9.92. The van der Waals surface area contributed by atoms with Gasteiger partial charge in [0, 0.05) is 25.9 Å². The molecule has 1 atom stereocenters. The maximum absolute atomic E-state index is 12.3. The van der Waals surface area contributed by atoms with E-state index in [1.54, 1.807) is 7.11 Å². The smallest absolute Gasteiger partial charge is 0.227 e. The van der Waals surface area contributed by atoms with Crippen molar-refractivity contribution in [3.63, 3.8) is 0 Å². The maximum Gasteiger partial charge on any atom is 0.227 e. The van der Waals surface area contributed by atoms with Gasteiger partial charge in [-0.25, -0.2) is 0 Å². The largest absolute Gasteiger partial charge is 0.378 e. The number of hydrogen-bond donors (Lipinski definition) is 1. The van der Waals surface area contributed by atoms with Gasteiger partial charge < -0.3 is 15.0 Å². The molecule has 0 spiro atoms. The molecule has 1 unspecified atom stereocenters. The molecule has 4 rings (SSSR count). The molecule has 130 valence electrons. The Bertz CT molecular complexity index is 754. The van der Waals surface area contributed by atoms with E-state index < -0.39 is 0 Å². The van der Waals surface area contributed by atoms with Crippen molar-refractivity contribution in [2.75, 3.05) is 25.5 Å². The predicted octanol–water partition coefficient (Wildman–Crippen LogP) is 3.19. The van der Waals surface area contributed by atoms with Gasteiger partial charge >= 0.3 is 0 Å². The summed E-state index contributed by atoms with van der Waals surface area (Å²) in [6.07, 6.45) is 2.81. The van der Waals surface area contributed by atoms with Gasteiger partial charge in [0.05, 0.1) is 18.6 Å². The van der Waals surface area contributed by atoms with Crippen molar-refractivity contribution in [2.24, 2.45) is 0 Å². The summed E-state index contributed by atoms with van der Waals surface area (Å²) in [5.41, 5.74) is 4.94. The lowest BCUT2D eigenvalue weighted by molar-refractivity contribution is -0.142. The Morgan fingerprint density at radius 2 is 2.00 bits per heavy atom. The Balaban J connectivity index is 1.41. The average molecular weight is 336 g/mol. The fourth-order valence-electron chi connectivity index (χ4n) is 3.68. The second-order valence-electron chi connectivity index (χ2n) is 6.97. The highest BCUT2D eigenvalue weighted by Gasteiger charge is 2.30. The first-order chi connectivity index (χ1) is 12.2. The minimum Gasteiger partial charge on any atom is -0.378 e. The van der Waals surface area contributed by atoms with Crippen LogP contribution in [0.4, 0.5) is 5.69 Å². The number of nitrogens with one attached hydrogen (secondary N) is 1. The summed E-state index contributed by atoms with van der Waals surface area (Å²) >= 11 is 0. The van der Waals surface area contributed by atoms with E-state index in [9.17, 15) is 4.79 Å². The van der Waals surface area contributed by atoms with Crippen molar-refractivity contribution in [3.8, 4) is 0 Å². The van der Waals surface area contributed by atoms with Gasteiger partial charge in [-0.2, -0.15) is 0 Å². The topological polar surface area (TPSA) is 41.6 Å². The van der Waals surface area contributed by atoms with Crippen LogP contribution in [0.3, 0.4) is 0 Å². The molecule has 1 N–H and O–H groups in total. The number of methoxy groups -OCH3 is 1. The fourth-order valence-corrected chi connectivity index (χ4v) is 3.68. The molecule has 1 saturated heterocycles. The summed E-state index contributed by atoms with van der Waals surface area (Å²) in [6, 6.07) is 17.3. The van der Waals surface area contributed by atoms with Gasteiger partial charge in [0.25, 0.3) is 0 Å². The number of nitrogens with zero attached hydrogens (tertiary/aromatic N) is 1. The van der Waals surface area contributed by atoms with E-state index in [1.807, 2.05) is 4.90 Å². The molecule has 0 bridgehead atoms. The molecule has 4 nitrogen and oxygen atoms in total. The van der Waals surface area contributed by atoms with E-state index in [2.05, 4.69) is 53.8 Å². The molecule has 0 aromatic heterocycles. The molecule has 25 heavy (non-hydrogen) atoms. The van der Waals surface area contributed by atoms with Crippen LogP contribution in [0.5, 0.6) is 0 Å². The number of rotatable bonds is 4. The molecular weight excluding hydrogens is 312 g/mol. The molecule has 2 aromatic rings. The number of fused-ring (bicyclic) bond motifs is 1. The maximum atomic E-state index is 12.3. The van der Waals surface area contributed by atoms with Crippen molar-refractivity contribution >= 4 is 11.6 Å². The van der Waals surface area contributed by atoms with Crippen LogP contribution in [0.1, 0.15) is 29.2 Å². The first-order valence-electron chi connectivity index (χ1n) is 8.97. The molecule has 0 aliphatic carbocycles. The van der Waals surface area contributed by atoms with E-state index in [-0.39, 0.29) is 12.0 Å². The van der Waals surface area contributed by atoms with E-state index in [0.717, 1.165) is 31.5 Å². The second-order valence-corrected chi connectivity index (χ2v) is 6.97. The third-order valence-electron chi connectivity index (χ3n) is 5.29. The monoisotopic (exact) mass is 336 g/mol. The zero-order valence-electron chi connectivity index (χ0n) is 14.6. The first kappa shape index (κ1) is 16.2. The number of carbonyl (C=O) groups is 1. The molecule has 1 fully saturated rings. The normalized spacial score (nSPS) is 19.7. The molecule has 0 saturated carbocycles. The number of amides is 1. The first-order valence-corrected chi connectivity index (χ1v) is 8.97. The van der Waals surface area contributed by atoms with E-state index >= 15 is 0 Å². The fraction of sp³-hybridized carbons (Fsp3) is 0.381. The second kappa shape index (κ2) is 6.89. The summed E-state index contributed by atoms with van der Waals surface area (Å²) in [7, 11) is 1.70. The summed E-state index contributed by atoms with van der Waals surface area (Å²) in [4.78, 5) is 14.2. The van der Waals surface area contributed by atoms with Crippen LogP contribution < -0.4 is 5.32 Å². The Kier molecular flexibility index (Phi) is 4.45. The molecule has 4 heteroatoms. The van der Waals surface area contributed by atoms with Crippen LogP contribution in [0.2, 0.25) is 0 Å². The Morgan fingerprint density at radius 1 is 1.20 bits per heavy atom. The number of carbonyl (C=O) groups excluding carboxylic acids is 1. The van der Waals surface area contributed by atoms with Crippen molar-refractivity contribution in [2.45, 2.75) is 31.4 Å². The summed E-state index contributed by atoms with van der Waals surface area (Å²) in [5.74, 6) is 0.194. The molecule has 1 amide bonds. The molecule has 2 aromatic carbocycles. The van der Waals surface area contributed by atoms with Crippen LogP contribution in [-0.4, -0.2) is 37.1 Å². The predicted molar refractivity (Wildman–Crippen MR) is 98.6 cm³/mol. The van der Waals surface area contributed by atoms with Crippen LogP contribution in [0.25, 0.3) is 0 Å². The lowest BCUT2D eigenvalue weighted by Gasteiger charge is -2.38. The van der Waals surface area contributed by atoms with Gasteiger partial charge in [-0.3, -0.25) is 4.79 Å². The standard InChI is InChI=1S/C21H24N2O2/c1-25-18-13-23(14-18)21(24)12-15-7-9-20-17(11-15)8-10-19(22-20)16-5-3-2-4-6-16/h2-7,9,11,18-19,22H,8,10,12-14H2,1H3. The number of ether oxygens (including phenoxy) is 1. The third-order valence-corrected chi connectivity index (χ3v) is 5.29.